The van der Waals surface area contributed by atoms with E-state index in [-0.39, 0.29) is 11.8 Å². The lowest BCUT2D eigenvalue weighted by Gasteiger charge is -2.30. The second-order valence-corrected chi connectivity index (χ2v) is 8.56. The molecule has 0 spiro atoms. The van der Waals surface area contributed by atoms with E-state index in [4.69, 9.17) is 0 Å². The number of aromatic nitrogens is 1. The molecule has 5 nitrogen and oxygen atoms in total. The van der Waals surface area contributed by atoms with Gasteiger partial charge in [-0.1, -0.05) is 54.6 Å². The molecule has 2 amide bonds. The Kier molecular flexibility index (Phi) is 5.42. The van der Waals surface area contributed by atoms with Crippen molar-refractivity contribution in [3.8, 4) is 0 Å². The number of benzene rings is 2. The highest BCUT2D eigenvalue weighted by Gasteiger charge is 2.42. The second-order valence-electron chi connectivity index (χ2n) is 8.56. The van der Waals surface area contributed by atoms with Gasteiger partial charge in [0.15, 0.2) is 6.04 Å². The predicted molar refractivity (Wildman–Crippen MR) is 123 cm³/mol. The van der Waals surface area contributed by atoms with Gasteiger partial charge < -0.3 is 5.32 Å². The average Bonchev–Trinajstić information content (AvgIpc) is 3.01. The third kappa shape index (κ3) is 4.26. The quantitative estimate of drug-likeness (QED) is 0.637. The molecule has 4 rings (SSSR count). The van der Waals surface area contributed by atoms with Crippen molar-refractivity contribution in [1.29, 1.82) is 0 Å². The second kappa shape index (κ2) is 8.19. The van der Waals surface area contributed by atoms with E-state index < -0.39 is 11.6 Å². The fourth-order valence-corrected chi connectivity index (χ4v) is 3.74. The molecular weight excluding hydrogens is 386 g/mol. The van der Waals surface area contributed by atoms with Gasteiger partial charge in [0.2, 0.25) is 5.91 Å². The third-order valence-electron chi connectivity index (χ3n) is 4.99. The van der Waals surface area contributed by atoms with Crippen LogP contribution in [0.3, 0.4) is 0 Å². The number of hydrogen-bond donors (Lipinski definition) is 1. The molecule has 0 radical (unpaired) electrons. The van der Waals surface area contributed by atoms with E-state index in [9.17, 15) is 9.59 Å². The maximum Gasteiger partial charge on any atom is 0.260 e. The Morgan fingerprint density at radius 3 is 2.32 bits per heavy atom. The number of amides is 2. The van der Waals surface area contributed by atoms with Crippen LogP contribution in [0.4, 0.5) is 5.69 Å². The first-order valence-corrected chi connectivity index (χ1v) is 10.3. The van der Waals surface area contributed by atoms with Crippen molar-refractivity contribution < 1.29 is 9.59 Å². The fourth-order valence-electron chi connectivity index (χ4n) is 3.74. The van der Waals surface area contributed by atoms with Crippen molar-refractivity contribution in [1.82, 2.24) is 10.3 Å². The van der Waals surface area contributed by atoms with Gasteiger partial charge in [-0.05, 0) is 50.6 Å². The van der Waals surface area contributed by atoms with Gasteiger partial charge >= 0.3 is 0 Å². The highest BCUT2D eigenvalue weighted by Crippen LogP contribution is 2.42. The van der Waals surface area contributed by atoms with Crippen LogP contribution in [0.15, 0.2) is 79.0 Å². The van der Waals surface area contributed by atoms with Crippen LogP contribution < -0.4 is 10.2 Å². The van der Waals surface area contributed by atoms with Gasteiger partial charge in [-0.2, -0.15) is 0 Å². The summed E-state index contributed by atoms with van der Waals surface area (Å²) >= 11 is 0. The summed E-state index contributed by atoms with van der Waals surface area (Å²) in [5.41, 5.74) is 3.07. The van der Waals surface area contributed by atoms with Crippen LogP contribution in [-0.2, 0) is 9.59 Å². The summed E-state index contributed by atoms with van der Waals surface area (Å²) in [5, 5.41) is 3.02. The zero-order valence-electron chi connectivity index (χ0n) is 17.9. The number of fused-ring (bicyclic) bond motifs is 1. The zero-order valence-corrected chi connectivity index (χ0v) is 17.9. The molecule has 31 heavy (non-hydrogen) atoms. The van der Waals surface area contributed by atoms with Crippen LogP contribution >= 0.6 is 0 Å². The van der Waals surface area contributed by atoms with E-state index in [1.54, 1.807) is 23.2 Å². The number of hydrogen-bond acceptors (Lipinski definition) is 3. The van der Waals surface area contributed by atoms with Gasteiger partial charge in [0.1, 0.15) is 0 Å². The van der Waals surface area contributed by atoms with Crippen molar-refractivity contribution in [3.63, 3.8) is 0 Å². The number of carbonyl (C=O) groups excluding carboxylic acids is 2. The standard InChI is InChI=1S/C26H25N3O2/c1-26(2,3)28-24(30)23(21-14-9-10-16-27-21)29-22-15-8-7-13-19(22)20(25(29)31)17-18-11-5-4-6-12-18/h4-17,23H,1-3H3,(H,28,30)/b20-17-. The number of anilines is 1. The summed E-state index contributed by atoms with van der Waals surface area (Å²) < 4.78 is 0. The van der Waals surface area contributed by atoms with Gasteiger partial charge in [0.25, 0.3) is 5.91 Å². The Hall–Kier alpha value is -3.73. The molecule has 0 saturated heterocycles. The van der Waals surface area contributed by atoms with E-state index in [1.807, 2.05) is 87.5 Å². The summed E-state index contributed by atoms with van der Waals surface area (Å²) in [6, 6.07) is 21.8. The Balaban J connectivity index is 1.85. The summed E-state index contributed by atoms with van der Waals surface area (Å²) in [5.74, 6) is -0.486. The molecule has 1 aliphatic rings. The average molecular weight is 412 g/mol. The van der Waals surface area contributed by atoms with Crippen molar-refractivity contribution in [2.24, 2.45) is 0 Å². The molecule has 0 aliphatic carbocycles. The lowest BCUT2D eigenvalue weighted by molar-refractivity contribution is -0.126. The van der Waals surface area contributed by atoms with Crippen LogP contribution in [0, 0.1) is 0 Å². The Labute approximate surface area is 182 Å². The summed E-state index contributed by atoms with van der Waals surface area (Å²) in [4.78, 5) is 33.1. The molecule has 3 aromatic rings. The molecule has 1 unspecified atom stereocenters. The maximum absolute atomic E-state index is 13.7. The monoisotopic (exact) mass is 411 g/mol. The first kappa shape index (κ1) is 20.5. The lowest BCUT2D eigenvalue weighted by Crippen LogP contribution is -2.48. The third-order valence-corrected chi connectivity index (χ3v) is 4.99. The van der Waals surface area contributed by atoms with Gasteiger partial charge in [-0.25, -0.2) is 0 Å². The van der Waals surface area contributed by atoms with Crippen molar-refractivity contribution in [3.05, 3.63) is 95.8 Å². The molecule has 156 valence electrons. The first-order chi connectivity index (χ1) is 14.8. The largest absolute Gasteiger partial charge is 0.349 e. The van der Waals surface area contributed by atoms with Crippen LogP contribution in [0.5, 0.6) is 0 Å². The minimum atomic E-state index is -0.879. The number of carbonyl (C=O) groups is 2. The van der Waals surface area contributed by atoms with E-state index in [0.717, 1.165) is 11.1 Å². The smallest absolute Gasteiger partial charge is 0.260 e. The SMILES string of the molecule is CC(C)(C)NC(=O)C(c1ccccn1)N1C(=O)/C(=C\c2ccccc2)c2ccccc21. The van der Waals surface area contributed by atoms with Gasteiger partial charge in [0, 0.05) is 22.9 Å². The van der Waals surface area contributed by atoms with Gasteiger partial charge in [-0.15, -0.1) is 0 Å². The Bertz CT molecular complexity index is 1130. The Morgan fingerprint density at radius 2 is 1.65 bits per heavy atom. The summed E-state index contributed by atoms with van der Waals surface area (Å²) in [6.07, 6.45) is 3.51. The normalized spacial score (nSPS) is 15.6. The molecule has 1 N–H and O–H groups in total. The molecule has 2 heterocycles. The molecule has 2 aromatic carbocycles. The fraction of sp³-hybridized carbons (Fsp3) is 0.192. The van der Waals surface area contributed by atoms with Crippen LogP contribution in [0.25, 0.3) is 11.6 Å². The predicted octanol–water partition coefficient (Wildman–Crippen LogP) is 4.62. The van der Waals surface area contributed by atoms with E-state index in [2.05, 4.69) is 10.3 Å². The van der Waals surface area contributed by atoms with E-state index in [0.29, 0.717) is 17.0 Å². The molecular formula is C26H25N3O2. The lowest BCUT2D eigenvalue weighted by atomic mass is 10.0. The Morgan fingerprint density at radius 1 is 0.968 bits per heavy atom. The van der Waals surface area contributed by atoms with Crippen molar-refractivity contribution >= 4 is 29.2 Å². The number of pyridine rings is 1. The molecule has 1 aliphatic heterocycles. The van der Waals surface area contributed by atoms with Gasteiger partial charge in [0.05, 0.1) is 11.4 Å². The van der Waals surface area contributed by atoms with Crippen molar-refractivity contribution in [2.45, 2.75) is 32.4 Å². The van der Waals surface area contributed by atoms with Crippen LogP contribution in [0.2, 0.25) is 0 Å². The molecule has 0 bridgehead atoms. The summed E-state index contributed by atoms with van der Waals surface area (Å²) in [7, 11) is 0. The molecule has 1 atom stereocenters. The topological polar surface area (TPSA) is 62.3 Å². The van der Waals surface area contributed by atoms with Crippen LogP contribution in [-0.4, -0.2) is 22.3 Å². The minimum absolute atomic E-state index is 0.218. The maximum atomic E-state index is 13.7. The van der Waals surface area contributed by atoms with Crippen LogP contribution in [0.1, 0.15) is 43.6 Å². The van der Waals surface area contributed by atoms with Crippen molar-refractivity contribution in [2.75, 3.05) is 4.90 Å². The molecule has 1 aromatic heterocycles. The number of nitrogens with zero attached hydrogens (tertiary/aromatic N) is 2. The number of para-hydroxylation sites is 1. The highest BCUT2D eigenvalue weighted by molar-refractivity contribution is 6.36. The highest BCUT2D eigenvalue weighted by atomic mass is 16.2. The van der Waals surface area contributed by atoms with E-state index in [1.165, 1.54) is 0 Å². The molecule has 0 saturated carbocycles. The van der Waals surface area contributed by atoms with Gasteiger partial charge in [-0.3, -0.25) is 19.5 Å². The molecule has 0 fully saturated rings. The number of nitrogens with one attached hydrogen (secondary N) is 1. The minimum Gasteiger partial charge on any atom is -0.349 e. The summed E-state index contributed by atoms with van der Waals surface area (Å²) in [6.45, 7) is 5.75. The zero-order chi connectivity index (χ0) is 22.0. The molecule has 5 heteroatoms. The number of rotatable bonds is 4. The first-order valence-electron chi connectivity index (χ1n) is 10.3. The van der Waals surface area contributed by atoms with E-state index >= 15 is 0 Å².